The van der Waals surface area contributed by atoms with Crippen molar-refractivity contribution in [2.24, 2.45) is 0 Å². The number of halogens is 2. The summed E-state index contributed by atoms with van der Waals surface area (Å²) in [4.78, 5) is 9.04. The van der Waals surface area contributed by atoms with Crippen LogP contribution < -0.4 is 5.32 Å². The van der Waals surface area contributed by atoms with Gasteiger partial charge in [-0.2, -0.15) is 0 Å². The third kappa shape index (κ3) is 3.23. The molecule has 0 fully saturated rings. The van der Waals surface area contributed by atoms with Gasteiger partial charge in [0.25, 0.3) is 0 Å². The average Bonchev–Trinajstić information content (AvgIpc) is 2.46. The molecule has 0 aliphatic carbocycles. The topological polar surface area (TPSA) is 37.8 Å². The van der Waals surface area contributed by atoms with Crippen LogP contribution in [0.3, 0.4) is 0 Å². The maximum absolute atomic E-state index is 6.07. The Morgan fingerprint density at radius 2 is 1.95 bits per heavy atom. The molecule has 0 saturated carbocycles. The van der Waals surface area contributed by atoms with Gasteiger partial charge in [0.15, 0.2) is 0 Å². The Balaban J connectivity index is 1.99. The van der Waals surface area contributed by atoms with Gasteiger partial charge in [0.2, 0.25) is 0 Å². The number of nitrogens with zero attached hydrogens (tertiary/aromatic N) is 2. The van der Waals surface area contributed by atoms with Gasteiger partial charge >= 0.3 is 0 Å². The molecule has 0 radical (unpaired) electrons. The van der Waals surface area contributed by atoms with Crippen molar-refractivity contribution < 1.29 is 0 Å². The maximum atomic E-state index is 6.07. The summed E-state index contributed by atoms with van der Waals surface area (Å²) < 4.78 is 1.01. The summed E-state index contributed by atoms with van der Waals surface area (Å²) in [6.07, 6.45) is 0. The van der Waals surface area contributed by atoms with Gasteiger partial charge in [-0.25, -0.2) is 9.97 Å². The van der Waals surface area contributed by atoms with Crippen LogP contribution in [0.15, 0.2) is 46.9 Å². The van der Waals surface area contributed by atoms with Gasteiger partial charge in [0.05, 0.1) is 11.6 Å². The van der Waals surface area contributed by atoms with Gasteiger partial charge in [-0.1, -0.05) is 39.7 Å². The molecule has 3 nitrogen and oxygen atoms in total. The zero-order chi connectivity index (χ0) is 15.7. The van der Waals surface area contributed by atoms with Crippen LogP contribution in [0.2, 0.25) is 5.02 Å². The minimum absolute atomic E-state index is 0.0971. The number of nitrogens with one attached hydrogen (secondary N) is 1. The van der Waals surface area contributed by atoms with Crippen molar-refractivity contribution in [3.8, 4) is 0 Å². The van der Waals surface area contributed by atoms with E-state index < -0.39 is 0 Å². The van der Waals surface area contributed by atoms with E-state index in [-0.39, 0.29) is 6.04 Å². The predicted molar refractivity (Wildman–Crippen MR) is 95.5 cm³/mol. The Bertz CT molecular complexity index is 830. The van der Waals surface area contributed by atoms with E-state index in [0.29, 0.717) is 0 Å². The normalized spacial score (nSPS) is 12.4. The van der Waals surface area contributed by atoms with Crippen LogP contribution in [-0.2, 0) is 0 Å². The molecule has 2 aromatic carbocycles. The number of aryl methyl sites for hydroxylation is 1. The first-order valence-corrected chi connectivity index (χ1v) is 8.16. The van der Waals surface area contributed by atoms with Crippen LogP contribution >= 0.6 is 27.5 Å². The highest BCUT2D eigenvalue weighted by atomic mass is 79.9. The lowest BCUT2D eigenvalue weighted by Crippen LogP contribution is -2.09. The molecular weight excluding hydrogens is 362 g/mol. The highest BCUT2D eigenvalue weighted by Gasteiger charge is 2.11. The number of hydrogen-bond acceptors (Lipinski definition) is 3. The van der Waals surface area contributed by atoms with Crippen molar-refractivity contribution in [1.82, 2.24) is 9.97 Å². The first kappa shape index (κ1) is 15.3. The minimum atomic E-state index is 0.0971. The van der Waals surface area contributed by atoms with Gasteiger partial charge in [0.1, 0.15) is 11.6 Å². The lowest BCUT2D eigenvalue weighted by molar-refractivity contribution is 0.872. The van der Waals surface area contributed by atoms with E-state index in [0.717, 1.165) is 37.6 Å². The molecule has 0 spiro atoms. The van der Waals surface area contributed by atoms with E-state index in [1.807, 2.05) is 43.3 Å². The second-order valence-electron chi connectivity index (χ2n) is 5.20. The molecule has 0 bridgehead atoms. The highest BCUT2D eigenvalue weighted by Crippen LogP contribution is 2.27. The minimum Gasteiger partial charge on any atom is -0.363 e. The summed E-state index contributed by atoms with van der Waals surface area (Å²) in [6, 6.07) is 14.0. The molecule has 3 rings (SSSR count). The smallest absolute Gasteiger partial charge is 0.138 e. The number of anilines is 1. The molecule has 0 aliphatic rings. The lowest BCUT2D eigenvalue weighted by Gasteiger charge is -2.17. The van der Waals surface area contributed by atoms with E-state index in [9.17, 15) is 0 Å². The van der Waals surface area contributed by atoms with Gasteiger partial charge < -0.3 is 5.32 Å². The summed E-state index contributed by atoms with van der Waals surface area (Å²) in [7, 11) is 0. The van der Waals surface area contributed by atoms with Gasteiger partial charge in [0, 0.05) is 14.9 Å². The SMILES string of the molecule is Cc1nc(NC(C)c2cccc(Cl)c2)c2ccc(Br)cc2n1. The summed E-state index contributed by atoms with van der Waals surface area (Å²) in [6.45, 7) is 3.99. The van der Waals surface area contributed by atoms with Crippen LogP contribution in [0.5, 0.6) is 0 Å². The summed E-state index contributed by atoms with van der Waals surface area (Å²) >= 11 is 9.55. The molecule has 1 aromatic heterocycles. The van der Waals surface area contributed by atoms with E-state index in [2.05, 4.69) is 44.2 Å². The second-order valence-corrected chi connectivity index (χ2v) is 6.55. The fraction of sp³-hybridized carbons (Fsp3) is 0.176. The standard InChI is InChI=1S/C17H15BrClN3/c1-10(12-4-3-5-14(19)8-12)20-17-15-7-6-13(18)9-16(15)21-11(2)22-17/h3-10H,1-2H3,(H,20,21,22). The fourth-order valence-electron chi connectivity index (χ4n) is 2.39. The Morgan fingerprint density at radius 3 is 2.73 bits per heavy atom. The number of benzene rings is 2. The van der Waals surface area contributed by atoms with Crippen LogP contribution in [0.25, 0.3) is 10.9 Å². The first-order valence-electron chi connectivity index (χ1n) is 6.99. The molecule has 22 heavy (non-hydrogen) atoms. The first-order chi connectivity index (χ1) is 10.5. The van der Waals surface area contributed by atoms with Crippen LogP contribution in [0.4, 0.5) is 5.82 Å². The molecule has 1 atom stereocenters. The third-order valence-electron chi connectivity index (χ3n) is 3.47. The molecule has 112 valence electrons. The van der Waals surface area contributed by atoms with Crippen molar-refractivity contribution >= 4 is 44.3 Å². The predicted octanol–water partition coefficient (Wildman–Crippen LogP) is 5.53. The molecule has 1 heterocycles. The molecule has 0 saturated heterocycles. The largest absolute Gasteiger partial charge is 0.363 e. The number of hydrogen-bond donors (Lipinski definition) is 1. The summed E-state index contributed by atoms with van der Waals surface area (Å²) in [5.74, 6) is 1.58. The highest BCUT2D eigenvalue weighted by molar-refractivity contribution is 9.10. The molecule has 1 N–H and O–H groups in total. The molecule has 3 aromatic rings. The Labute approximate surface area is 142 Å². The van der Waals surface area contributed by atoms with E-state index >= 15 is 0 Å². The zero-order valence-electron chi connectivity index (χ0n) is 12.3. The Hall–Kier alpha value is -1.65. The number of aromatic nitrogens is 2. The van der Waals surface area contributed by atoms with Crippen LogP contribution in [-0.4, -0.2) is 9.97 Å². The summed E-state index contributed by atoms with van der Waals surface area (Å²) in [5, 5.41) is 5.20. The fourth-order valence-corrected chi connectivity index (χ4v) is 2.94. The number of rotatable bonds is 3. The molecular formula is C17H15BrClN3. The Kier molecular flexibility index (Phi) is 4.32. The summed E-state index contributed by atoms with van der Waals surface area (Å²) in [5.41, 5.74) is 2.04. The van der Waals surface area contributed by atoms with E-state index in [4.69, 9.17) is 11.6 Å². The van der Waals surface area contributed by atoms with Gasteiger partial charge in [-0.3, -0.25) is 0 Å². The van der Waals surface area contributed by atoms with Crippen molar-refractivity contribution in [2.45, 2.75) is 19.9 Å². The van der Waals surface area contributed by atoms with Crippen LogP contribution in [0, 0.1) is 6.92 Å². The molecule has 5 heteroatoms. The average molecular weight is 377 g/mol. The van der Waals surface area contributed by atoms with Crippen molar-refractivity contribution in [3.05, 3.63) is 63.3 Å². The van der Waals surface area contributed by atoms with Crippen LogP contribution in [0.1, 0.15) is 24.4 Å². The van der Waals surface area contributed by atoms with E-state index in [1.165, 1.54) is 0 Å². The van der Waals surface area contributed by atoms with E-state index in [1.54, 1.807) is 0 Å². The van der Waals surface area contributed by atoms with Crippen molar-refractivity contribution in [2.75, 3.05) is 5.32 Å². The molecule has 1 unspecified atom stereocenters. The third-order valence-corrected chi connectivity index (χ3v) is 4.20. The second kappa shape index (κ2) is 6.23. The van der Waals surface area contributed by atoms with Crippen molar-refractivity contribution in [1.29, 1.82) is 0 Å². The lowest BCUT2D eigenvalue weighted by atomic mass is 10.1. The van der Waals surface area contributed by atoms with Gasteiger partial charge in [-0.15, -0.1) is 0 Å². The van der Waals surface area contributed by atoms with Gasteiger partial charge in [-0.05, 0) is 49.7 Å². The van der Waals surface area contributed by atoms with Crippen molar-refractivity contribution in [3.63, 3.8) is 0 Å². The number of fused-ring (bicyclic) bond motifs is 1. The zero-order valence-corrected chi connectivity index (χ0v) is 14.6. The maximum Gasteiger partial charge on any atom is 0.138 e. The monoisotopic (exact) mass is 375 g/mol. The molecule has 0 aliphatic heterocycles. The molecule has 0 amide bonds. The Morgan fingerprint density at radius 1 is 1.14 bits per heavy atom. The quantitative estimate of drug-likeness (QED) is 0.653.